The number of aliphatic carboxylic acids is 1. The average Bonchev–Trinajstić information content (AvgIpc) is 2.16. The van der Waals surface area contributed by atoms with Gasteiger partial charge in [-0.05, 0) is 24.1 Å². The Morgan fingerprint density at radius 2 is 2.29 bits per heavy atom. The normalized spacial score (nSPS) is 14.8. The van der Waals surface area contributed by atoms with E-state index in [1.54, 1.807) is 19.2 Å². The molecular weight excluding hydrogens is 184 g/mol. The summed E-state index contributed by atoms with van der Waals surface area (Å²) in [5, 5.41) is 18.2. The summed E-state index contributed by atoms with van der Waals surface area (Å²) < 4.78 is 0. The molecule has 0 aliphatic carbocycles. The summed E-state index contributed by atoms with van der Waals surface area (Å²) in [5.41, 5.74) is 6.51. The van der Waals surface area contributed by atoms with Crippen molar-refractivity contribution in [3.8, 4) is 0 Å². The van der Waals surface area contributed by atoms with Gasteiger partial charge in [0.25, 0.3) is 0 Å². The van der Waals surface area contributed by atoms with Crippen LogP contribution in [0.4, 0.5) is 0 Å². The van der Waals surface area contributed by atoms with Crippen molar-refractivity contribution < 1.29 is 15.0 Å². The molecule has 0 bridgehead atoms. The lowest BCUT2D eigenvalue weighted by Gasteiger charge is -2.16. The molecule has 2 unspecified atom stereocenters. The number of carboxylic acid groups (broad SMARTS) is 1. The van der Waals surface area contributed by atoms with Crippen molar-refractivity contribution in [3.63, 3.8) is 0 Å². The van der Waals surface area contributed by atoms with Crippen LogP contribution in [-0.4, -0.2) is 27.2 Å². The zero-order valence-electron chi connectivity index (χ0n) is 7.71. The number of rotatable bonds is 3. The van der Waals surface area contributed by atoms with E-state index < -0.39 is 18.1 Å². The van der Waals surface area contributed by atoms with Gasteiger partial charge in [0.1, 0.15) is 12.1 Å². The molecule has 0 amide bonds. The van der Waals surface area contributed by atoms with Crippen LogP contribution in [0.3, 0.4) is 0 Å². The van der Waals surface area contributed by atoms with Gasteiger partial charge in [-0.25, -0.2) is 0 Å². The van der Waals surface area contributed by atoms with E-state index in [1.807, 2.05) is 0 Å². The molecule has 0 aromatic carbocycles. The molecule has 0 saturated carbocycles. The largest absolute Gasteiger partial charge is 0.480 e. The monoisotopic (exact) mass is 196 g/mol. The number of aliphatic hydroxyl groups excluding tert-OH is 1. The molecule has 4 N–H and O–H groups in total. The molecule has 0 aliphatic rings. The quantitative estimate of drug-likeness (QED) is 0.624. The van der Waals surface area contributed by atoms with E-state index in [4.69, 9.17) is 10.8 Å². The predicted molar refractivity (Wildman–Crippen MR) is 49.5 cm³/mol. The van der Waals surface area contributed by atoms with Gasteiger partial charge in [0, 0.05) is 12.4 Å². The highest BCUT2D eigenvalue weighted by Crippen LogP contribution is 2.18. The number of aromatic nitrogens is 1. The van der Waals surface area contributed by atoms with E-state index in [0.29, 0.717) is 5.56 Å². The van der Waals surface area contributed by atoms with Crippen LogP contribution < -0.4 is 5.73 Å². The first-order valence-corrected chi connectivity index (χ1v) is 4.11. The second kappa shape index (κ2) is 4.17. The van der Waals surface area contributed by atoms with Gasteiger partial charge in [0.2, 0.25) is 0 Å². The number of nitrogens with zero attached hydrogens (tertiary/aromatic N) is 1. The predicted octanol–water partition coefficient (Wildman–Crippen LogP) is -0.165. The fraction of sp³-hybridized carbons (Fsp3) is 0.333. The number of hydrogen-bond donors (Lipinski definition) is 3. The molecule has 5 nitrogen and oxygen atoms in total. The third kappa shape index (κ3) is 2.07. The van der Waals surface area contributed by atoms with Crippen LogP contribution in [0.1, 0.15) is 17.2 Å². The summed E-state index contributed by atoms with van der Waals surface area (Å²) in [5.74, 6) is -1.23. The first-order chi connectivity index (χ1) is 6.54. The van der Waals surface area contributed by atoms with E-state index in [9.17, 15) is 9.90 Å². The maximum atomic E-state index is 10.5. The van der Waals surface area contributed by atoms with Crippen molar-refractivity contribution in [3.05, 3.63) is 29.6 Å². The fourth-order valence-corrected chi connectivity index (χ4v) is 1.14. The fourth-order valence-electron chi connectivity index (χ4n) is 1.14. The molecule has 76 valence electrons. The number of pyridine rings is 1. The minimum atomic E-state index is -1.31. The summed E-state index contributed by atoms with van der Waals surface area (Å²) in [6.45, 7) is 1.74. The first kappa shape index (κ1) is 10.6. The molecule has 5 heteroatoms. The van der Waals surface area contributed by atoms with E-state index >= 15 is 0 Å². The molecule has 0 saturated heterocycles. The lowest BCUT2D eigenvalue weighted by molar-refractivity contribution is -0.141. The van der Waals surface area contributed by atoms with Crippen LogP contribution in [0, 0.1) is 6.92 Å². The molecule has 1 rings (SSSR count). The molecule has 1 aromatic rings. The van der Waals surface area contributed by atoms with Crippen LogP contribution >= 0.6 is 0 Å². The topological polar surface area (TPSA) is 96.4 Å². The summed E-state index contributed by atoms with van der Waals surface area (Å²) in [7, 11) is 0. The van der Waals surface area contributed by atoms with E-state index in [0.717, 1.165) is 5.56 Å². The Bertz CT molecular complexity index is 341. The highest BCUT2D eigenvalue weighted by atomic mass is 16.4. The summed E-state index contributed by atoms with van der Waals surface area (Å²) in [6, 6.07) is 0.249. The smallest absolute Gasteiger partial charge is 0.323 e. The second-order valence-corrected chi connectivity index (χ2v) is 3.04. The molecule has 0 fully saturated rings. The number of aliphatic hydroxyl groups is 1. The Hall–Kier alpha value is -1.46. The third-order valence-electron chi connectivity index (χ3n) is 2.01. The highest BCUT2D eigenvalue weighted by Gasteiger charge is 2.24. The second-order valence-electron chi connectivity index (χ2n) is 3.04. The molecule has 0 spiro atoms. The number of hydrogen-bond acceptors (Lipinski definition) is 4. The van der Waals surface area contributed by atoms with Crippen LogP contribution in [0.15, 0.2) is 18.5 Å². The maximum absolute atomic E-state index is 10.5. The standard InChI is InChI=1S/C9H12N2O3/c1-5-4-11-3-2-6(5)8(12)7(10)9(13)14/h2-4,7-8,12H,10H2,1H3,(H,13,14). The first-order valence-electron chi connectivity index (χ1n) is 4.11. The van der Waals surface area contributed by atoms with Crippen LogP contribution in [0.2, 0.25) is 0 Å². The molecule has 1 heterocycles. The Kier molecular flexibility index (Phi) is 3.16. The highest BCUT2D eigenvalue weighted by molar-refractivity contribution is 5.74. The van der Waals surface area contributed by atoms with Crippen molar-refractivity contribution in [2.24, 2.45) is 5.73 Å². The Labute approximate surface area is 81.2 Å². The minimum absolute atomic E-state index is 0.495. The third-order valence-corrected chi connectivity index (χ3v) is 2.01. The summed E-state index contributed by atoms with van der Waals surface area (Å²) >= 11 is 0. The molecular formula is C9H12N2O3. The van der Waals surface area contributed by atoms with Gasteiger partial charge in [0.15, 0.2) is 0 Å². The van der Waals surface area contributed by atoms with E-state index in [-0.39, 0.29) is 0 Å². The van der Waals surface area contributed by atoms with Crippen LogP contribution in [0.25, 0.3) is 0 Å². The van der Waals surface area contributed by atoms with Crippen molar-refractivity contribution in [2.45, 2.75) is 19.1 Å². The Balaban J connectivity index is 2.94. The van der Waals surface area contributed by atoms with Gasteiger partial charge in [-0.3, -0.25) is 9.78 Å². The van der Waals surface area contributed by atoms with Gasteiger partial charge >= 0.3 is 5.97 Å². The Morgan fingerprint density at radius 1 is 1.64 bits per heavy atom. The number of nitrogens with two attached hydrogens (primary N) is 1. The van der Waals surface area contributed by atoms with Gasteiger partial charge < -0.3 is 15.9 Å². The summed E-state index contributed by atoms with van der Waals surface area (Å²) in [6.07, 6.45) is 1.84. The number of carboxylic acids is 1. The lowest BCUT2D eigenvalue weighted by atomic mass is 10.0. The van der Waals surface area contributed by atoms with E-state index in [2.05, 4.69) is 4.98 Å². The maximum Gasteiger partial charge on any atom is 0.323 e. The molecule has 2 atom stereocenters. The Morgan fingerprint density at radius 3 is 2.79 bits per heavy atom. The van der Waals surface area contributed by atoms with Gasteiger partial charge in [0.05, 0.1) is 0 Å². The zero-order valence-corrected chi connectivity index (χ0v) is 7.71. The lowest BCUT2D eigenvalue weighted by Crippen LogP contribution is -2.36. The molecule has 14 heavy (non-hydrogen) atoms. The SMILES string of the molecule is Cc1cnccc1C(O)C(N)C(=O)O. The van der Waals surface area contributed by atoms with Gasteiger partial charge in [-0.1, -0.05) is 0 Å². The number of aryl methyl sites for hydroxylation is 1. The molecule has 1 aromatic heterocycles. The average molecular weight is 196 g/mol. The van der Waals surface area contributed by atoms with Crippen molar-refractivity contribution in [1.29, 1.82) is 0 Å². The molecule has 0 radical (unpaired) electrons. The van der Waals surface area contributed by atoms with E-state index in [1.165, 1.54) is 6.20 Å². The van der Waals surface area contributed by atoms with Crippen molar-refractivity contribution in [2.75, 3.05) is 0 Å². The van der Waals surface area contributed by atoms with Crippen LogP contribution in [-0.2, 0) is 4.79 Å². The zero-order chi connectivity index (χ0) is 10.7. The summed E-state index contributed by atoms with van der Waals surface area (Å²) in [4.78, 5) is 14.4. The van der Waals surface area contributed by atoms with Crippen molar-refractivity contribution in [1.82, 2.24) is 4.98 Å². The number of carbonyl (C=O) groups is 1. The van der Waals surface area contributed by atoms with Crippen LogP contribution in [0.5, 0.6) is 0 Å². The minimum Gasteiger partial charge on any atom is -0.480 e. The molecule has 0 aliphatic heterocycles. The van der Waals surface area contributed by atoms with Gasteiger partial charge in [-0.15, -0.1) is 0 Å². The van der Waals surface area contributed by atoms with Crippen molar-refractivity contribution >= 4 is 5.97 Å². The van der Waals surface area contributed by atoms with Gasteiger partial charge in [-0.2, -0.15) is 0 Å².